The minimum absolute atomic E-state index is 0.0109. The van der Waals surface area contributed by atoms with Crippen molar-refractivity contribution >= 4 is 27.8 Å². The molecule has 2 aromatic rings. The van der Waals surface area contributed by atoms with Crippen LogP contribution in [-0.4, -0.2) is 26.1 Å². The number of para-hydroxylation sites is 1. The first-order chi connectivity index (χ1) is 12.1. The molecule has 1 heterocycles. The summed E-state index contributed by atoms with van der Waals surface area (Å²) in [6.07, 6.45) is 2.74. The van der Waals surface area contributed by atoms with Crippen LogP contribution in [0.3, 0.4) is 0 Å². The lowest BCUT2D eigenvalue weighted by Crippen LogP contribution is -2.18. The zero-order valence-corrected chi connectivity index (χ0v) is 15.8. The van der Waals surface area contributed by atoms with Crippen LogP contribution < -0.4 is 14.2 Å². The molecular weight excluding hydrogens is 384 g/mol. The Morgan fingerprint density at radius 3 is 2.84 bits per heavy atom. The summed E-state index contributed by atoms with van der Waals surface area (Å²) in [5, 5.41) is 0. The summed E-state index contributed by atoms with van der Waals surface area (Å²) in [6.45, 7) is 2.91. The number of carbonyl (C=O) groups is 1. The molecule has 0 amide bonds. The molecule has 0 atom stereocenters. The van der Waals surface area contributed by atoms with Gasteiger partial charge in [0.2, 0.25) is 0 Å². The zero-order valence-electron chi connectivity index (χ0n) is 14.2. The number of Topliss-reactive ketones (excluding diaryl/α,β-unsaturated/α-hetero) is 1. The molecule has 1 aliphatic heterocycles. The van der Waals surface area contributed by atoms with E-state index in [9.17, 15) is 4.79 Å². The van der Waals surface area contributed by atoms with E-state index < -0.39 is 0 Å². The van der Waals surface area contributed by atoms with Crippen molar-refractivity contribution in [1.82, 2.24) is 0 Å². The highest BCUT2D eigenvalue weighted by Crippen LogP contribution is 2.38. The van der Waals surface area contributed by atoms with E-state index in [1.165, 1.54) is 0 Å². The van der Waals surface area contributed by atoms with Crippen molar-refractivity contribution in [2.45, 2.75) is 13.3 Å². The van der Waals surface area contributed by atoms with Crippen LogP contribution in [-0.2, 0) is 0 Å². The second-order valence-electron chi connectivity index (χ2n) is 5.67. The molecule has 1 aliphatic rings. The third kappa shape index (κ3) is 3.71. The molecule has 0 aromatic heterocycles. The third-order valence-electron chi connectivity index (χ3n) is 3.85. The van der Waals surface area contributed by atoms with Crippen LogP contribution in [0.1, 0.15) is 29.3 Å². The van der Waals surface area contributed by atoms with E-state index in [4.69, 9.17) is 14.2 Å². The number of fused-ring (bicyclic) bond motifs is 1. The van der Waals surface area contributed by atoms with Crippen molar-refractivity contribution in [1.29, 1.82) is 0 Å². The van der Waals surface area contributed by atoms with Gasteiger partial charge in [0.1, 0.15) is 12.4 Å². The van der Waals surface area contributed by atoms with Crippen molar-refractivity contribution in [2.24, 2.45) is 0 Å². The van der Waals surface area contributed by atoms with Gasteiger partial charge >= 0.3 is 0 Å². The van der Waals surface area contributed by atoms with Gasteiger partial charge in [-0.2, -0.15) is 0 Å². The largest absolute Gasteiger partial charge is 0.493 e. The summed E-state index contributed by atoms with van der Waals surface area (Å²) in [5.41, 5.74) is 2.04. The van der Waals surface area contributed by atoms with Crippen molar-refractivity contribution in [3.63, 3.8) is 0 Å². The minimum Gasteiger partial charge on any atom is -0.493 e. The molecule has 0 saturated carbocycles. The number of hydrogen-bond acceptors (Lipinski definition) is 4. The first-order valence-corrected chi connectivity index (χ1v) is 8.90. The second-order valence-corrected chi connectivity index (χ2v) is 6.52. The van der Waals surface area contributed by atoms with E-state index in [2.05, 4.69) is 15.9 Å². The monoisotopic (exact) mass is 402 g/mol. The maximum atomic E-state index is 12.7. The van der Waals surface area contributed by atoms with E-state index in [0.717, 1.165) is 16.5 Å². The van der Waals surface area contributed by atoms with Crippen LogP contribution in [0.15, 0.2) is 46.4 Å². The molecule has 0 radical (unpaired) electrons. The van der Waals surface area contributed by atoms with Gasteiger partial charge in [0.25, 0.3) is 0 Å². The van der Waals surface area contributed by atoms with Gasteiger partial charge in [-0.1, -0.05) is 19.1 Å². The van der Waals surface area contributed by atoms with E-state index in [-0.39, 0.29) is 12.4 Å². The average molecular weight is 403 g/mol. The normalized spacial score (nSPS) is 14.8. The minimum atomic E-state index is -0.0109. The van der Waals surface area contributed by atoms with Crippen LogP contribution in [0.5, 0.6) is 17.2 Å². The summed E-state index contributed by atoms with van der Waals surface area (Å²) in [6, 6.07) is 11.1. The lowest BCUT2D eigenvalue weighted by Gasteiger charge is -2.19. The lowest BCUT2D eigenvalue weighted by atomic mass is 9.98. The Labute approximate surface area is 155 Å². The fraction of sp³-hybridized carbons (Fsp3) is 0.250. The average Bonchev–Trinajstić information content (AvgIpc) is 2.63. The van der Waals surface area contributed by atoms with Crippen LogP contribution in [0.25, 0.3) is 6.08 Å². The van der Waals surface area contributed by atoms with Crippen LogP contribution in [0.4, 0.5) is 0 Å². The molecule has 2 aromatic carbocycles. The molecule has 5 heteroatoms. The molecule has 0 bridgehead atoms. The molecule has 0 saturated heterocycles. The SMILES string of the molecule is CCCOc1c(Br)cc(/C=C2\COc3ccccc3C2=O)cc1OC. The number of hydrogen-bond donors (Lipinski definition) is 0. The summed E-state index contributed by atoms with van der Waals surface area (Å²) >= 11 is 3.52. The molecule has 0 N–H and O–H groups in total. The first kappa shape index (κ1) is 17.5. The molecule has 0 unspecified atom stereocenters. The molecule has 0 fully saturated rings. The molecule has 130 valence electrons. The maximum Gasteiger partial charge on any atom is 0.196 e. The van der Waals surface area contributed by atoms with Gasteiger partial charge in [-0.25, -0.2) is 0 Å². The molecular formula is C20H19BrO4. The number of halogens is 1. The predicted molar refractivity (Wildman–Crippen MR) is 101 cm³/mol. The van der Waals surface area contributed by atoms with Gasteiger partial charge < -0.3 is 14.2 Å². The Bertz CT molecular complexity index is 826. The van der Waals surface area contributed by atoms with Gasteiger partial charge in [-0.05, 0) is 58.3 Å². The summed E-state index contributed by atoms with van der Waals surface area (Å²) in [4.78, 5) is 12.7. The van der Waals surface area contributed by atoms with Gasteiger partial charge in [-0.15, -0.1) is 0 Å². The summed E-state index contributed by atoms with van der Waals surface area (Å²) in [5.74, 6) is 1.91. The fourth-order valence-electron chi connectivity index (χ4n) is 2.65. The number of ether oxygens (including phenoxy) is 3. The maximum absolute atomic E-state index is 12.7. The Morgan fingerprint density at radius 2 is 2.08 bits per heavy atom. The Balaban J connectivity index is 1.94. The highest BCUT2D eigenvalue weighted by molar-refractivity contribution is 9.10. The van der Waals surface area contributed by atoms with Gasteiger partial charge in [-0.3, -0.25) is 4.79 Å². The third-order valence-corrected chi connectivity index (χ3v) is 4.44. The van der Waals surface area contributed by atoms with Gasteiger partial charge in [0, 0.05) is 5.57 Å². The van der Waals surface area contributed by atoms with E-state index in [1.807, 2.05) is 43.3 Å². The number of benzene rings is 2. The molecule has 3 rings (SSSR count). The molecule has 4 nitrogen and oxygen atoms in total. The highest BCUT2D eigenvalue weighted by atomic mass is 79.9. The first-order valence-electron chi connectivity index (χ1n) is 8.11. The molecule has 0 aliphatic carbocycles. The van der Waals surface area contributed by atoms with Crippen molar-refractivity contribution in [3.8, 4) is 17.2 Å². The summed E-state index contributed by atoms with van der Waals surface area (Å²) in [7, 11) is 1.60. The number of methoxy groups -OCH3 is 1. The van der Waals surface area contributed by atoms with E-state index in [0.29, 0.717) is 35.0 Å². The molecule has 0 spiro atoms. The van der Waals surface area contributed by atoms with Gasteiger partial charge in [0.15, 0.2) is 17.3 Å². The number of carbonyl (C=O) groups excluding carboxylic acids is 1. The topological polar surface area (TPSA) is 44.8 Å². The van der Waals surface area contributed by atoms with Crippen LogP contribution in [0, 0.1) is 0 Å². The highest BCUT2D eigenvalue weighted by Gasteiger charge is 2.23. The van der Waals surface area contributed by atoms with Crippen molar-refractivity contribution < 1.29 is 19.0 Å². The number of ketones is 1. The lowest BCUT2D eigenvalue weighted by molar-refractivity contribution is 0.100. The quantitative estimate of drug-likeness (QED) is 0.666. The van der Waals surface area contributed by atoms with E-state index in [1.54, 1.807) is 13.2 Å². The molecule has 25 heavy (non-hydrogen) atoms. The van der Waals surface area contributed by atoms with E-state index >= 15 is 0 Å². The second kappa shape index (κ2) is 7.74. The van der Waals surface area contributed by atoms with Crippen molar-refractivity contribution in [3.05, 3.63) is 57.6 Å². The number of rotatable bonds is 5. The van der Waals surface area contributed by atoms with Gasteiger partial charge in [0.05, 0.1) is 23.8 Å². The fourth-order valence-corrected chi connectivity index (χ4v) is 3.22. The Kier molecular flexibility index (Phi) is 5.43. The Hall–Kier alpha value is -2.27. The Morgan fingerprint density at radius 1 is 1.28 bits per heavy atom. The van der Waals surface area contributed by atoms with Crippen LogP contribution in [0.2, 0.25) is 0 Å². The van der Waals surface area contributed by atoms with Crippen LogP contribution >= 0.6 is 15.9 Å². The standard InChI is InChI=1S/C20H19BrO4/c1-3-8-24-20-16(21)10-13(11-18(20)23-2)9-14-12-25-17-7-5-4-6-15(17)19(14)22/h4-7,9-11H,3,8,12H2,1-2H3/b14-9+. The van der Waals surface area contributed by atoms with Crippen molar-refractivity contribution in [2.75, 3.05) is 20.3 Å². The predicted octanol–water partition coefficient (Wildman–Crippen LogP) is 4.91. The summed E-state index contributed by atoms with van der Waals surface area (Å²) < 4.78 is 17.6. The zero-order chi connectivity index (χ0) is 17.8. The smallest absolute Gasteiger partial charge is 0.196 e.